The van der Waals surface area contributed by atoms with Crippen LogP contribution in [0.1, 0.15) is 42.4 Å². The van der Waals surface area contributed by atoms with E-state index in [2.05, 4.69) is 68.2 Å². The maximum absolute atomic E-state index is 4.75. The Morgan fingerprint density at radius 2 is 1.74 bits per heavy atom. The standard InChI is InChI=1S/C24H27N7/c1-4-5-10-22-21(23(25-3)27-16(2)26-22)15-17-11-13-18(14-12-17)19-8-6-7-9-20(19)24-28-30-31-29-24/h6-9,11-14H,4-5,10,15H2,1-3H3,(H,25,26,27)(H,28,29,30,31). The average Bonchev–Trinajstić information content (AvgIpc) is 3.34. The van der Waals surface area contributed by atoms with Gasteiger partial charge in [0.15, 0.2) is 0 Å². The first kappa shape index (κ1) is 20.7. The van der Waals surface area contributed by atoms with Crippen LogP contribution in [-0.2, 0) is 12.8 Å². The van der Waals surface area contributed by atoms with Crippen molar-refractivity contribution >= 4 is 5.82 Å². The van der Waals surface area contributed by atoms with Gasteiger partial charge in [0.2, 0.25) is 5.82 Å². The van der Waals surface area contributed by atoms with Gasteiger partial charge in [-0.05, 0) is 41.7 Å². The average molecular weight is 414 g/mol. The van der Waals surface area contributed by atoms with E-state index in [0.29, 0.717) is 5.82 Å². The van der Waals surface area contributed by atoms with Crippen LogP contribution in [0.15, 0.2) is 48.5 Å². The molecule has 0 saturated carbocycles. The minimum absolute atomic E-state index is 0.593. The summed E-state index contributed by atoms with van der Waals surface area (Å²) >= 11 is 0. The summed E-state index contributed by atoms with van der Waals surface area (Å²) in [6.07, 6.45) is 4.03. The summed E-state index contributed by atoms with van der Waals surface area (Å²) in [6.45, 7) is 4.16. The molecule has 4 aromatic rings. The van der Waals surface area contributed by atoms with E-state index < -0.39 is 0 Å². The van der Waals surface area contributed by atoms with E-state index in [1.165, 1.54) is 11.1 Å². The fourth-order valence-electron chi connectivity index (χ4n) is 3.81. The number of benzene rings is 2. The molecule has 0 spiro atoms. The number of unbranched alkanes of at least 4 members (excludes halogenated alkanes) is 1. The Balaban J connectivity index is 1.64. The van der Waals surface area contributed by atoms with Crippen molar-refractivity contribution in [1.29, 1.82) is 0 Å². The highest BCUT2D eigenvalue weighted by atomic mass is 15.5. The SMILES string of the molecule is CCCCc1nc(C)nc(NC)c1Cc1ccc(-c2ccccc2-c2nn[nH]n2)cc1. The van der Waals surface area contributed by atoms with Crippen LogP contribution >= 0.6 is 0 Å². The van der Waals surface area contributed by atoms with Crippen LogP contribution in [0.25, 0.3) is 22.5 Å². The lowest BCUT2D eigenvalue weighted by Gasteiger charge is -2.15. The molecule has 0 unspecified atom stereocenters. The predicted molar refractivity (Wildman–Crippen MR) is 123 cm³/mol. The summed E-state index contributed by atoms with van der Waals surface area (Å²) in [5.74, 6) is 2.33. The molecule has 31 heavy (non-hydrogen) atoms. The van der Waals surface area contributed by atoms with E-state index in [4.69, 9.17) is 4.98 Å². The Kier molecular flexibility index (Phi) is 6.31. The maximum Gasteiger partial charge on any atom is 0.205 e. The fourth-order valence-corrected chi connectivity index (χ4v) is 3.81. The molecule has 2 heterocycles. The molecule has 2 N–H and O–H groups in total. The number of anilines is 1. The van der Waals surface area contributed by atoms with E-state index in [0.717, 1.165) is 59.7 Å². The lowest BCUT2D eigenvalue weighted by molar-refractivity contribution is 0.758. The first-order chi connectivity index (χ1) is 15.2. The van der Waals surface area contributed by atoms with Gasteiger partial charge < -0.3 is 5.32 Å². The van der Waals surface area contributed by atoms with E-state index >= 15 is 0 Å². The van der Waals surface area contributed by atoms with Crippen LogP contribution < -0.4 is 5.32 Å². The number of hydrogen-bond donors (Lipinski definition) is 2. The van der Waals surface area contributed by atoms with Crippen LogP contribution in [0.2, 0.25) is 0 Å². The highest BCUT2D eigenvalue weighted by molar-refractivity contribution is 5.80. The highest BCUT2D eigenvalue weighted by Crippen LogP contribution is 2.30. The first-order valence-electron chi connectivity index (χ1n) is 10.7. The van der Waals surface area contributed by atoms with Gasteiger partial charge in [0.05, 0.1) is 0 Å². The molecule has 7 nitrogen and oxygen atoms in total. The molecule has 2 aromatic heterocycles. The first-order valence-corrected chi connectivity index (χ1v) is 10.7. The molecule has 158 valence electrons. The number of H-pyrrole nitrogens is 1. The smallest absolute Gasteiger partial charge is 0.205 e. The van der Waals surface area contributed by atoms with Gasteiger partial charge in [-0.1, -0.05) is 61.9 Å². The lowest BCUT2D eigenvalue weighted by atomic mass is 9.96. The second kappa shape index (κ2) is 9.47. The molecule has 0 amide bonds. The van der Waals surface area contributed by atoms with Gasteiger partial charge in [-0.15, -0.1) is 10.2 Å². The molecule has 0 bridgehead atoms. The van der Waals surface area contributed by atoms with Crippen molar-refractivity contribution in [2.75, 3.05) is 12.4 Å². The Morgan fingerprint density at radius 3 is 2.42 bits per heavy atom. The van der Waals surface area contributed by atoms with Crippen LogP contribution in [0.4, 0.5) is 5.82 Å². The molecule has 7 heteroatoms. The zero-order chi connectivity index (χ0) is 21.6. The number of aryl methyl sites for hydroxylation is 2. The van der Waals surface area contributed by atoms with Crippen molar-refractivity contribution in [1.82, 2.24) is 30.6 Å². The highest BCUT2D eigenvalue weighted by Gasteiger charge is 2.14. The fraction of sp³-hybridized carbons (Fsp3) is 0.292. The molecule has 0 aliphatic rings. The van der Waals surface area contributed by atoms with Crippen molar-refractivity contribution < 1.29 is 0 Å². The summed E-state index contributed by atoms with van der Waals surface area (Å²) in [6, 6.07) is 16.7. The Morgan fingerprint density at radius 1 is 0.968 bits per heavy atom. The monoisotopic (exact) mass is 413 g/mol. The maximum atomic E-state index is 4.75. The minimum atomic E-state index is 0.593. The Hall–Kier alpha value is -3.61. The number of nitrogens with zero attached hydrogens (tertiary/aromatic N) is 5. The van der Waals surface area contributed by atoms with Gasteiger partial charge in [0.1, 0.15) is 11.6 Å². The van der Waals surface area contributed by atoms with E-state index in [1.54, 1.807) is 0 Å². The third-order valence-electron chi connectivity index (χ3n) is 5.37. The molecule has 0 atom stereocenters. The molecule has 0 aliphatic carbocycles. The van der Waals surface area contributed by atoms with Crippen LogP contribution in [-0.4, -0.2) is 37.6 Å². The zero-order valence-corrected chi connectivity index (χ0v) is 18.2. The van der Waals surface area contributed by atoms with Gasteiger partial charge in [0.25, 0.3) is 0 Å². The van der Waals surface area contributed by atoms with Gasteiger partial charge >= 0.3 is 0 Å². The quantitative estimate of drug-likeness (QED) is 0.438. The Labute approximate surface area is 182 Å². The van der Waals surface area contributed by atoms with Gasteiger partial charge in [0, 0.05) is 30.3 Å². The summed E-state index contributed by atoms with van der Waals surface area (Å²) in [5.41, 5.74) is 6.70. The van der Waals surface area contributed by atoms with E-state index in [-0.39, 0.29) is 0 Å². The topological polar surface area (TPSA) is 92.3 Å². The molecule has 2 aromatic carbocycles. The van der Waals surface area contributed by atoms with Gasteiger partial charge in [-0.2, -0.15) is 5.21 Å². The second-order valence-corrected chi connectivity index (χ2v) is 7.55. The largest absolute Gasteiger partial charge is 0.373 e. The Bertz CT molecular complexity index is 1140. The summed E-state index contributed by atoms with van der Waals surface area (Å²) < 4.78 is 0. The molecule has 4 rings (SSSR count). The van der Waals surface area contributed by atoms with Crippen molar-refractivity contribution in [3.8, 4) is 22.5 Å². The summed E-state index contributed by atoms with van der Waals surface area (Å²) in [5, 5.41) is 17.8. The second-order valence-electron chi connectivity index (χ2n) is 7.55. The van der Waals surface area contributed by atoms with E-state index in [1.807, 2.05) is 32.2 Å². The summed E-state index contributed by atoms with van der Waals surface area (Å²) in [4.78, 5) is 9.36. The zero-order valence-electron chi connectivity index (χ0n) is 18.2. The summed E-state index contributed by atoms with van der Waals surface area (Å²) in [7, 11) is 1.92. The number of aromatic amines is 1. The minimum Gasteiger partial charge on any atom is -0.373 e. The number of nitrogens with one attached hydrogen (secondary N) is 2. The molecule has 0 radical (unpaired) electrons. The predicted octanol–water partition coefficient (Wildman–Crippen LogP) is 4.61. The number of aromatic nitrogens is 6. The van der Waals surface area contributed by atoms with Crippen molar-refractivity contribution in [3.05, 3.63) is 71.2 Å². The van der Waals surface area contributed by atoms with Crippen LogP contribution in [0.3, 0.4) is 0 Å². The van der Waals surface area contributed by atoms with E-state index in [9.17, 15) is 0 Å². The molecule has 0 saturated heterocycles. The van der Waals surface area contributed by atoms with Crippen molar-refractivity contribution in [2.45, 2.75) is 39.5 Å². The third-order valence-corrected chi connectivity index (χ3v) is 5.37. The third kappa shape index (κ3) is 4.60. The number of hydrogen-bond acceptors (Lipinski definition) is 6. The molecular weight excluding hydrogens is 386 g/mol. The molecule has 0 aliphatic heterocycles. The molecule has 0 fully saturated rings. The van der Waals surface area contributed by atoms with Crippen LogP contribution in [0.5, 0.6) is 0 Å². The van der Waals surface area contributed by atoms with Gasteiger partial charge in [-0.3, -0.25) is 0 Å². The van der Waals surface area contributed by atoms with Gasteiger partial charge in [-0.25, -0.2) is 9.97 Å². The lowest BCUT2D eigenvalue weighted by Crippen LogP contribution is -2.09. The normalized spacial score (nSPS) is 10.9. The number of rotatable bonds is 8. The number of tetrazole rings is 1. The van der Waals surface area contributed by atoms with Crippen molar-refractivity contribution in [2.24, 2.45) is 0 Å². The molecular formula is C24H27N7. The van der Waals surface area contributed by atoms with Crippen molar-refractivity contribution in [3.63, 3.8) is 0 Å². The van der Waals surface area contributed by atoms with Crippen LogP contribution in [0, 0.1) is 6.92 Å².